The third-order valence-electron chi connectivity index (χ3n) is 4.35. The second kappa shape index (κ2) is 7.58. The number of carbonyl (C=O) groups excluding carboxylic acids is 2. The van der Waals surface area contributed by atoms with Crippen LogP contribution in [0.1, 0.15) is 65.8 Å². The monoisotopic (exact) mass is 380 g/mol. The molecule has 1 aromatic carbocycles. The van der Waals surface area contributed by atoms with Crippen molar-refractivity contribution in [2.45, 2.75) is 52.2 Å². The predicted octanol–water partition coefficient (Wildman–Crippen LogP) is 4.49. The first-order valence-corrected chi connectivity index (χ1v) is 8.69. The number of amides is 1. The fraction of sp³-hybridized carbons (Fsp3) is 0.421. The van der Waals surface area contributed by atoms with Crippen molar-refractivity contribution in [1.82, 2.24) is 10.5 Å². The third kappa shape index (κ3) is 3.96. The molecule has 2 unspecified atom stereocenters. The van der Waals surface area contributed by atoms with E-state index < -0.39 is 23.4 Å². The van der Waals surface area contributed by atoms with E-state index in [1.54, 1.807) is 6.92 Å². The topological polar surface area (TPSA) is 72.2 Å². The van der Waals surface area contributed by atoms with Crippen molar-refractivity contribution >= 4 is 23.3 Å². The lowest BCUT2D eigenvalue weighted by molar-refractivity contribution is 0.0616. The summed E-state index contributed by atoms with van der Waals surface area (Å²) in [6.07, 6.45) is 0. The van der Waals surface area contributed by atoms with Gasteiger partial charge in [-0.15, -0.1) is 0 Å². The summed E-state index contributed by atoms with van der Waals surface area (Å²) in [4.78, 5) is 25.1. The molecule has 1 N–H and O–H groups in total. The number of Topliss-reactive ketones (excluding diaryl/α,β-unsaturated/α-hetero) is 1. The van der Waals surface area contributed by atoms with Gasteiger partial charge in [0, 0.05) is 16.5 Å². The summed E-state index contributed by atoms with van der Waals surface area (Å²) in [5, 5.41) is 6.82. The molecule has 2 rings (SSSR count). The van der Waals surface area contributed by atoms with E-state index in [0.29, 0.717) is 16.5 Å². The number of hydrogen-bond donors (Lipinski definition) is 1. The number of aryl methyl sites for hydroxylation is 1. The Morgan fingerprint density at radius 3 is 2.35 bits per heavy atom. The molecule has 0 aliphatic carbocycles. The molecule has 0 spiro atoms. The van der Waals surface area contributed by atoms with Crippen LogP contribution in [0.2, 0.25) is 5.02 Å². The maximum absolute atomic E-state index is 15.2. The molecule has 1 heterocycles. The highest BCUT2D eigenvalue weighted by atomic mass is 35.5. The maximum Gasteiger partial charge on any atom is 0.257 e. The average molecular weight is 381 g/mol. The van der Waals surface area contributed by atoms with Crippen LogP contribution in [-0.2, 0) is 0 Å². The minimum absolute atomic E-state index is 0.0558. The van der Waals surface area contributed by atoms with Crippen LogP contribution in [-0.4, -0.2) is 28.6 Å². The quantitative estimate of drug-likeness (QED) is 0.749. The van der Waals surface area contributed by atoms with Crippen molar-refractivity contribution in [3.05, 3.63) is 51.9 Å². The molecule has 1 amide bonds. The van der Waals surface area contributed by atoms with Crippen molar-refractivity contribution in [1.29, 1.82) is 0 Å². The number of nitrogens with zero attached hydrogens (tertiary/aromatic N) is 1. The van der Waals surface area contributed by atoms with E-state index in [-0.39, 0.29) is 17.0 Å². The predicted molar refractivity (Wildman–Crippen MR) is 97.6 cm³/mol. The van der Waals surface area contributed by atoms with Gasteiger partial charge in [-0.1, -0.05) is 30.6 Å². The molecular weight excluding hydrogens is 359 g/mol. The number of carbonyl (C=O) groups is 2. The van der Waals surface area contributed by atoms with E-state index in [2.05, 4.69) is 10.5 Å². The molecule has 140 valence electrons. The zero-order valence-electron chi connectivity index (χ0n) is 15.4. The summed E-state index contributed by atoms with van der Waals surface area (Å²) in [5.74, 6) is -0.877. The first kappa shape index (κ1) is 20.1. The van der Waals surface area contributed by atoms with Crippen molar-refractivity contribution in [3.8, 4) is 0 Å². The molecule has 26 heavy (non-hydrogen) atoms. The smallest absolute Gasteiger partial charge is 0.257 e. The molecular formula is C19H22ClFN2O3. The van der Waals surface area contributed by atoms with Gasteiger partial charge in [-0.3, -0.25) is 9.59 Å². The van der Waals surface area contributed by atoms with Crippen LogP contribution in [0.4, 0.5) is 4.39 Å². The lowest BCUT2D eigenvalue weighted by Crippen LogP contribution is -2.51. The minimum Gasteiger partial charge on any atom is -0.360 e. The van der Waals surface area contributed by atoms with Gasteiger partial charge < -0.3 is 9.84 Å². The summed E-state index contributed by atoms with van der Waals surface area (Å²) >= 11 is 5.80. The molecule has 0 saturated heterocycles. The van der Waals surface area contributed by atoms with Gasteiger partial charge >= 0.3 is 0 Å². The number of rotatable bonds is 6. The Hall–Kier alpha value is -2.21. The van der Waals surface area contributed by atoms with Crippen LogP contribution in [0, 0.1) is 6.92 Å². The Balaban J connectivity index is 2.21. The molecule has 0 aliphatic heterocycles. The van der Waals surface area contributed by atoms with Gasteiger partial charge in [0.25, 0.3) is 5.91 Å². The molecule has 0 fully saturated rings. The second-order valence-electron chi connectivity index (χ2n) is 6.77. The molecule has 0 saturated carbocycles. The van der Waals surface area contributed by atoms with Crippen LogP contribution >= 0.6 is 11.6 Å². The first-order valence-electron chi connectivity index (χ1n) is 8.32. The number of halogens is 2. The summed E-state index contributed by atoms with van der Waals surface area (Å²) < 4.78 is 20.4. The summed E-state index contributed by atoms with van der Waals surface area (Å²) in [5.41, 5.74) is -1.42. The lowest BCUT2D eigenvalue weighted by atomic mass is 9.90. The molecule has 1 aromatic heterocycles. The average Bonchev–Trinajstić information content (AvgIpc) is 2.96. The number of hydrogen-bond acceptors (Lipinski definition) is 4. The van der Waals surface area contributed by atoms with E-state index in [4.69, 9.17) is 16.1 Å². The lowest BCUT2D eigenvalue weighted by Gasteiger charge is -2.27. The Morgan fingerprint density at radius 2 is 1.81 bits per heavy atom. The summed E-state index contributed by atoms with van der Waals surface area (Å²) in [6.45, 7) is 7.97. The molecule has 2 atom stereocenters. The SMILES string of the molecule is Cc1noc(C(C)C)c1C(=O)NC(C)C(C)(F)C(=O)c1ccc(Cl)cc1. The molecule has 0 aliphatic rings. The molecule has 7 heteroatoms. The highest BCUT2D eigenvalue weighted by molar-refractivity contribution is 6.30. The maximum atomic E-state index is 15.2. The van der Waals surface area contributed by atoms with Gasteiger partial charge in [-0.2, -0.15) is 0 Å². The largest absolute Gasteiger partial charge is 0.360 e. The van der Waals surface area contributed by atoms with Crippen molar-refractivity contribution in [2.24, 2.45) is 0 Å². The molecule has 2 aromatic rings. The Kier molecular flexibility index (Phi) is 5.86. The fourth-order valence-electron chi connectivity index (χ4n) is 2.54. The first-order chi connectivity index (χ1) is 12.1. The Morgan fingerprint density at radius 1 is 1.23 bits per heavy atom. The minimum atomic E-state index is -2.30. The van der Waals surface area contributed by atoms with Gasteiger partial charge in [-0.05, 0) is 45.0 Å². The Bertz CT molecular complexity index is 813. The zero-order valence-corrected chi connectivity index (χ0v) is 16.1. The standard InChI is InChI=1S/C19H22ClFN2O3/c1-10(2)16-15(11(3)23-26-16)18(25)22-12(4)19(5,21)17(24)13-6-8-14(20)9-7-13/h6-10,12H,1-5H3,(H,22,25). The van der Waals surface area contributed by atoms with E-state index in [1.807, 2.05) is 13.8 Å². The van der Waals surface area contributed by atoms with Crippen LogP contribution in [0.3, 0.4) is 0 Å². The van der Waals surface area contributed by atoms with E-state index in [0.717, 1.165) is 6.92 Å². The number of alkyl halides is 1. The molecule has 0 radical (unpaired) electrons. The van der Waals surface area contributed by atoms with Crippen LogP contribution < -0.4 is 5.32 Å². The van der Waals surface area contributed by atoms with Crippen molar-refractivity contribution in [3.63, 3.8) is 0 Å². The van der Waals surface area contributed by atoms with Crippen LogP contribution in [0.5, 0.6) is 0 Å². The zero-order chi connectivity index (χ0) is 19.6. The van der Waals surface area contributed by atoms with Gasteiger partial charge in [0.1, 0.15) is 5.56 Å². The van der Waals surface area contributed by atoms with Gasteiger partial charge in [0.2, 0.25) is 5.78 Å². The van der Waals surface area contributed by atoms with Gasteiger partial charge in [-0.25, -0.2) is 4.39 Å². The molecule has 0 bridgehead atoms. The number of nitrogens with one attached hydrogen (secondary N) is 1. The normalized spacial score (nSPS) is 14.8. The molecule has 5 nitrogen and oxygen atoms in total. The van der Waals surface area contributed by atoms with Crippen molar-refractivity contribution < 1.29 is 18.5 Å². The van der Waals surface area contributed by atoms with Gasteiger partial charge in [0.05, 0.1) is 11.7 Å². The van der Waals surface area contributed by atoms with Gasteiger partial charge in [0.15, 0.2) is 11.4 Å². The van der Waals surface area contributed by atoms with Crippen molar-refractivity contribution in [2.75, 3.05) is 0 Å². The highest BCUT2D eigenvalue weighted by Crippen LogP contribution is 2.25. The third-order valence-corrected chi connectivity index (χ3v) is 4.60. The second-order valence-corrected chi connectivity index (χ2v) is 7.21. The number of benzene rings is 1. The summed E-state index contributed by atoms with van der Waals surface area (Å²) in [7, 11) is 0. The van der Waals surface area contributed by atoms with Crippen LogP contribution in [0.15, 0.2) is 28.8 Å². The van der Waals surface area contributed by atoms with Crippen LogP contribution in [0.25, 0.3) is 0 Å². The van der Waals surface area contributed by atoms with E-state index in [1.165, 1.54) is 31.2 Å². The summed E-state index contributed by atoms with van der Waals surface area (Å²) in [6, 6.07) is 4.89. The van der Waals surface area contributed by atoms with E-state index in [9.17, 15) is 9.59 Å². The highest BCUT2D eigenvalue weighted by Gasteiger charge is 2.41. The number of aromatic nitrogens is 1. The van der Waals surface area contributed by atoms with E-state index >= 15 is 4.39 Å². The fourth-order valence-corrected chi connectivity index (χ4v) is 2.67. The number of ketones is 1. The Labute approximate surface area is 156 Å².